The molecular weight excluding hydrogens is 466 g/mol. The average Bonchev–Trinajstić information content (AvgIpc) is 3.20. The van der Waals surface area contributed by atoms with Crippen molar-refractivity contribution in [3.05, 3.63) is 82.6 Å². The quantitative estimate of drug-likeness (QED) is 0.346. The van der Waals surface area contributed by atoms with E-state index in [-0.39, 0.29) is 10.7 Å². The average molecular weight is 482 g/mol. The summed E-state index contributed by atoms with van der Waals surface area (Å²) in [5.74, 6) is -0.263. The van der Waals surface area contributed by atoms with E-state index in [0.29, 0.717) is 11.4 Å². The number of hydrogen-bond acceptors (Lipinski definition) is 4. The standard InChI is InChI=1S/C22H16BrN3O3S/c1-29-18-10-8-15(9-11-18)25-12-2-3-17(25)13-19-20(27)24-22(30)26(21(19)28)16-6-4-14(23)5-7-16/h2-13H,1H3,(H,24,27,30). The molecule has 2 amide bonds. The molecule has 0 aliphatic carbocycles. The molecule has 1 N–H and O–H groups in total. The van der Waals surface area contributed by atoms with Crippen molar-refractivity contribution in [2.75, 3.05) is 12.0 Å². The van der Waals surface area contributed by atoms with E-state index in [9.17, 15) is 9.59 Å². The van der Waals surface area contributed by atoms with Crippen molar-refractivity contribution in [2.24, 2.45) is 0 Å². The molecule has 2 heterocycles. The molecule has 150 valence electrons. The summed E-state index contributed by atoms with van der Waals surface area (Å²) in [6.45, 7) is 0. The summed E-state index contributed by atoms with van der Waals surface area (Å²) in [5.41, 5.74) is 2.13. The fourth-order valence-electron chi connectivity index (χ4n) is 3.12. The Morgan fingerprint density at radius 3 is 2.33 bits per heavy atom. The molecule has 0 saturated carbocycles. The highest BCUT2D eigenvalue weighted by Crippen LogP contribution is 2.25. The molecule has 0 spiro atoms. The van der Waals surface area contributed by atoms with Crippen molar-refractivity contribution in [1.82, 2.24) is 9.88 Å². The molecule has 3 aromatic rings. The Bertz CT molecular complexity index is 1170. The summed E-state index contributed by atoms with van der Waals surface area (Å²) in [5, 5.41) is 2.65. The highest BCUT2D eigenvalue weighted by atomic mass is 79.9. The monoisotopic (exact) mass is 481 g/mol. The minimum atomic E-state index is -0.527. The number of methoxy groups -OCH3 is 1. The first-order valence-corrected chi connectivity index (χ1v) is 10.2. The van der Waals surface area contributed by atoms with Crippen LogP contribution in [0.1, 0.15) is 5.69 Å². The molecule has 1 aliphatic rings. The fraction of sp³-hybridized carbons (Fsp3) is 0.0455. The third-order valence-electron chi connectivity index (χ3n) is 4.61. The number of carbonyl (C=O) groups excluding carboxylic acids is 2. The molecule has 0 bridgehead atoms. The number of ether oxygens (including phenoxy) is 1. The fourth-order valence-corrected chi connectivity index (χ4v) is 3.67. The predicted molar refractivity (Wildman–Crippen MR) is 123 cm³/mol. The third-order valence-corrected chi connectivity index (χ3v) is 5.42. The second kappa shape index (κ2) is 8.25. The number of hydrogen-bond donors (Lipinski definition) is 1. The van der Waals surface area contributed by atoms with E-state index in [1.807, 2.05) is 47.2 Å². The van der Waals surface area contributed by atoms with Crippen LogP contribution in [0.4, 0.5) is 5.69 Å². The van der Waals surface area contributed by atoms with Gasteiger partial charge in [-0.15, -0.1) is 0 Å². The Labute approximate surface area is 186 Å². The van der Waals surface area contributed by atoms with Gasteiger partial charge in [0.1, 0.15) is 11.3 Å². The van der Waals surface area contributed by atoms with E-state index in [2.05, 4.69) is 21.2 Å². The maximum absolute atomic E-state index is 13.2. The van der Waals surface area contributed by atoms with Crippen LogP contribution in [0.25, 0.3) is 11.8 Å². The van der Waals surface area contributed by atoms with Crippen LogP contribution in [0.15, 0.2) is 76.9 Å². The summed E-state index contributed by atoms with van der Waals surface area (Å²) in [4.78, 5) is 27.0. The van der Waals surface area contributed by atoms with Gasteiger partial charge >= 0.3 is 0 Å². The number of nitrogens with one attached hydrogen (secondary N) is 1. The highest BCUT2D eigenvalue weighted by molar-refractivity contribution is 9.10. The lowest BCUT2D eigenvalue weighted by molar-refractivity contribution is -0.122. The van der Waals surface area contributed by atoms with Gasteiger partial charge < -0.3 is 9.30 Å². The topological polar surface area (TPSA) is 63.6 Å². The van der Waals surface area contributed by atoms with Crippen LogP contribution in [0.3, 0.4) is 0 Å². The lowest BCUT2D eigenvalue weighted by Gasteiger charge is -2.29. The first-order chi connectivity index (χ1) is 14.5. The molecule has 30 heavy (non-hydrogen) atoms. The van der Waals surface area contributed by atoms with E-state index in [1.165, 1.54) is 4.90 Å². The van der Waals surface area contributed by atoms with E-state index in [1.54, 1.807) is 37.5 Å². The summed E-state index contributed by atoms with van der Waals surface area (Å²) in [6.07, 6.45) is 3.42. The summed E-state index contributed by atoms with van der Waals surface area (Å²) >= 11 is 8.61. The lowest BCUT2D eigenvalue weighted by Crippen LogP contribution is -2.54. The second-order valence-electron chi connectivity index (χ2n) is 6.44. The van der Waals surface area contributed by atoms with Crippen molar-refractivity contribution in [2.45, 2.75) is 0 Å². The summed E-state index contributed by atoms with van der Waals surface area (Å²) in [6, 6.07) is 18.3. The molecule has 1 aliphatic heterocycles. The van der Waals surface area contributed by atoms with Gasteiger partial charge in [-0.05, 0) is 79.0 Å². The van der Waals surface area contributed by atoms with Gasteiger partial charge in [-0.3, -0.25) is 19.8 Å². The molecule has 2 aromatic carbocycles. The first kappa shape index (κ1) is 20.1. The zero-order valence-corrected chi connectivity index (χ0v) is 18.2. The predicted octanol–water partition coefficient (Wildman–Crippen LogP) is 4.08. The van der Waals surface area contributed by atoms with Crippen molar-refractivity contribution >= 4 is 56.8 Å². The van der Waals surface area contributed by atoms with Gasteiger partial charge in [-0.25, -0.2) is 0 Å². The van der Waals surface area contributed by atoms with Gasteiger partial charge in [0, 0.05) is 22.1 Å². The van der Waals surface area contributed by atoms with Crippen LogP contribution in [0.2, 0.25) is 0 Å². The zero-order chi connectivity index (χ0) is 21.3. The largest absolute Gasteiger partial charge is 0.497 e. The summed E-state index contributed by atoms with van der Waals surface area (Å²) in [7, 11) is 1.61. The van der Waals surface area contributed by atoms with Gasteiger partial charge in [-0.1, -0.05) is 15.9 Å². The van der Waals surface area contributed by atoms with Crippen molar-refractivity contribution in [3.63, 3.8) is 0 Å². The zero-order valence-electron chi connectivity index (χ0n) is 15.8. The van der Waals surface area contributed by atoms with Crippen LogP contribution in [0.5, 0.6) is 5.75 Å². The van der Waals surface area contributed by atoms with Gasteiger partial charge in [0.25, 0.3) is 11.8 Å². The number of amides is 2. The smallest absolute Gasteiger partial charge is 0.270 e. The van der Waals surface area contributed by atoms with E-state index >= 15 is 0 Å². The van der Waals surface area contributed by atoms with Gasteiger partial charge in [0.2, 0.25) is 0 Å². The number of carbonyl (C=O) groups is 2. The molecule has 0 atom stereocenters. The van der Waals surface area contributed by atoms with E-state index in [0.717, 1.165) is 15.9 Å². The molecule has 6 nitrogen and oxygen atoms in total. The molecule has 1 fully saturated rings. The van der Waals surface area contributed by atoms with Gasteiger partial charge in [-0.2, -0.15) is 0 Å². The van der Waals surface area contributed by atoms with E-state index in [4.69, 9.17) is 17.0 Å². The lowest BCUT2D eigenvalue weighted by atomic mass is 10.1. The van der Waals surface area contributed by atoms with E-state index < -0.39 is 11.8 Å². The van der Waals surface area contributed by atoms with Crippen molar-refractivity contribution in [3.8, 4) is 11.4 Å². The Balaban J connectivity index is 1.71. The van der Waals surface area contributed by atoms with Crippen molar-refractivity contribution < 1.29 is 14.3 Å². The molecule has 8 heteroatoms. The number of rotatable bonds is 4. The number of halogens is 1. The normalized spacial score (nSPS) is 15.5. The first-order valence-electron chi connectivity index (χ1n) is 8.97. The Morgan fingerprint density at radius 2 is 1.67 bits per heavy atom. The number of benzene rings is 2. The minimum absolute atomic E-state index is 0.0000181. The van der Waals surface area contributed by atoms with Crippen LogP contribution >= 0.6 is 28.1 Å². The second-order valence-corrected chi connectivity index (χ2v) is 7.74. The van der Waals surface area contributed by atoms with Crippen LogP contribution in [-0.4, -0.2) is 28.6 Å². The molecule has 1 saturated heterocycles. The van der Waals surface area contributed by atoms with Gasteiger partial charge in [0.05, 0.1) is 12.8 Å². The van der Waals surface area contributed by atoms with Crippen molar-refractivity contribution in [1.29, 1.82) is 0 Å². The molecule has 0 radical (unpaired) electrons. The van der Waals surface area contributed by atoms with Crippen LogP contribution < -0.4 is 15.0 Å². The maximum atomic E-state index is 13.2. The maximum Gasteiger partial charge on any atom is 0.270 e. The Morgan fingerprint density at radius 1 is 1.00 bits per heavy atom. The van der Waals surface area contributed by atoms with Crippen LogP contribution in [-0.2, 0) is 9.59 Å². The number of nitrogens with zero attached hydrogens (tertiary/aromatic N) is 2. The minimum Gasteiger partial charge on any atom is -0.497 e. The summed E-state index contributed by atoms with van der Waals surface area (Å²) < 4.78 is 7.95. The molecule has 1 aromatic heterocycles. The Kier molecular flexibility index (Phi) is 5.52. The molecular formula is C22H16BrN3O3S. The SMILES string of the molecule is COc1ccc(-n2cccc2C=C2C(=O)NC(=S)N(c3ccc(Br)cc3)C2=O)cc1. The molecule has 0 unspecified atom stereocenters. The molecule has 4 rings (SSSR count). The number of thiocarbonyl (C=S) groups is 1. The third kappa shape index (κ3) is 3.79. The number of aromatic nitrogens is 1. The van der Waals surface area contributed by atoms with Crippen LogP contribution in [0, 0.1) is 0 Å². The highest BCUT2D eigenvalue weighted by Gasteiger charge is 2.34. The number of anilines is 1. The Hall–Kier alpha value is -3.23. The van der Waals surface area contributed by atoms with Gasteiger partial charge in [0.15, 0.2) is 5.11 Å².